The van der Waals surface area contributed by atoms with Crippen molar-refractivity contribution in [2.75, 3.05) is 19.8 Å². The molecule has 0 radical (unpaired) electrons. The van der Waals surface area contributed by atoms with Crippen molar-refractivity contribution in [1.29, 1.82) is 0 Å². The molecule has 1 aliphatic rings. The van der Waals surface area contributed by atoms with E-state index in [1.54, 1.807) is 24.0 Å². The molecule has 1 aliphatic heterocycles. The molecule has 1 heterocycles. The fourth-order valence-corrected chi connectivity index (χ4v) is 2.18. The number of amides is 1. The van der Waals surface area contributed by atoms with Crippen molar-refractivity contribution < 1.29 is 19.0 Å². The maximum absolute atomic E-state index is 14.0. The van der Waals surface area contributed by atoms with Crippen molar-refractivity contribution in [3.63, 3.8) is 0 Å². The number of carbonyl (C=O) groups excluding carboxylic acids is 1. The van der Waals surface area contributed by atoms with Crippen molar-refractivity contribution >= 4 is 5.91 Å². The Balaban J connectivity index is 2.24. The first-order chi connectivity index (χ1) is 9.04. The standard InChI is InChI=1S/C14H18FNO3/c1-9-4-3-5-12(13(9)15)14(18)16-6-11(7-17)19-8-10(16)2/h3-5,10-11,17H,6-8H2,1-2H3. The molecule has 0 aromatic heterocycles. The molecule has 1 aromatic carbocycles. The Labute approximate surface area is 111 Å². The van der Waals surface area contributed by atoms with Gasteiger partial charge in [0.05, 0.1) is 30.9 Å². The number of benzene rings is 1. The highest BCUT2D eigenvalue weighted by molar-refractivity contribution is 5.95. The molecule has 0 bridgehead atoms. The summed E-state index contributed by atoms with van der Waals surface area (Å²) in [4.78, 5) is 14.0. The fourth-order valence-electron chi connectivity index (χ4n) is 2.18. The van der Waals surface area contributed by atoms with Crippen molar-refractivity contribution in [2.45, 2.75) is 26.0 Å². The number of ether oxygens (including phenoxy) is 1. The minimum Gasteiger partial charge on any atom is -0.394 e. The van der Waals surface area contributed by atoms with Gasteiger partial charge in [-0.05, 0) is 25.5 Å². The van der Waals surface area contributed by atoms with E-state index in [4.69, 9.17) is 9.84 Å². The Morgan fingerprint density at radius 1 is 1.58 bits per heavy atom. The van der Waals surface area contributed by atoms with Crippen LogP contribution in [0.4, 0.5) is 4.39 Å². The third kappa shape index (κ3) is 2.77. The molecule has 2 rings (SSSR count). The van der Waals surface area contributed by atoms with Gasteiger partial charge < -0.3 is 14.7 Å². The van der Waals surface area contributed by atoms with Crippen LogP contribution in [0.2, 0.25) is 0 Å². The van der Waals surface area contributed by atoms with Crippen molar-refractivity contribution in [3.05, 3.63) is 35.1 Å². The zero-order valence-corrected chi connectivity index (χ0v) is 11.1. The first-order valence-corrected chi connectivity index (χ1v) is 6.33. The molecule has 1 aromatic rings. The van der Waals surface area contributed by atoms with Gasteiger partial charge in [0.25, 0.3) is 5.91 Å². The number of nitrogens with zero attached hydrogens (tertiary/aromatic N) is 1. The largest absolute Gasteiger partial charge is 0.394 e. The normalized spacial score (nSPS) is 23.5. The third-order valence-electron chi connectivity index (χ3n) is 3.39. The van der Waals surface area contributed by atoms with Gasteiger partial charge in [-0.3, -0.25) is 4.79 Å². The summed E-state index contributed by atoms with van der Waals surface area (Å²) in [6.45, 7) is 3.96. The Morgan fingerprint density at radius 3 is 3.00 bits per heavy atom. The van der Waals surface area contributed by atoms with Gasteiger partial charge in [0.1, 0.15) is 5.82 Å². The average molecular weight is 267 g/mol. The van der Waals surface area contributed by atoms with Gasteiger partial charge in [-0.1, -0.05) is 12.1 Å². The highest BCUT2D eigenvalue weighted by Crippen LogP contribution is 2.19. The Kier molecular flexibility index (Phi) is 4.17. The number of hydrogen-bond acceptors (Lipinski definition) is 3. The summed E-state index contributed by atoms with van der Waals surface area (Å²) in [5.74, 6) is -0.831. The van der Waals surface area contributed by atoms with Gasteiger partial charge in [0, 0.05) is 6.54 Å². The van der Waals surface area contributed by atoms with Crippen LogP contribution in [-0.4, -0.2) is 47.8 Å². The van der Waals surface area contributed by atoms with Gasteiger partial charge >= 0.3 is 0 Å². The van der Waals surface area contributed by atoms with Gasteiger partial charge in [-0.2, -0.15) is 0 Å². The van der Waals surface area contributed by atoms with Gasteiger partial charge in [-0.25, -0.2) is 4.39 Å². The predicted molar refractivity (Wildman–Crippen MR) is 68.5 cm³/mol. The first-order valence-electron chi connectivity index (χ1n) is 6.33. The second-order valence-corrected chi connectivity index (χ2v) is 4.88. The number of carbonyl (C=O) groups is 1. The van der Waals surface area contributed by atoms with Crippen LogP contribution in [0.3, 0.4) is 0 Å². The number of halogens is 1. The zero-order valence-electron chi connectivity index (χ0n) is 11.1. The molecule has 1 N–H and O–H groups in total. The Bertz CT molecular complexity index is 478. The molecule has 2 unspecified atom stereocenters. The van der Waals surface area contributed by atoms with Crippen LogP contribution in [0.5, 0.6) is 0 Å². The van der Waals surface area contributed by atoms with Crippen LogP contribution in [-0.2, 0) is 4.74 Å². The molecule has 1 amide bonds. The van der Waals surface area contributed by atoms with Gasteiger partial charge in [-0.15, -0.1) is 0 Å². The van der Waals surface area contributed by atoms with Crippen LogP contribution < -0.4 is 0 Å². The molecule has 0 saturated carbocycles. The van der Waals surface area contributed by atoms with E-state index >= 15 is 0 Å². The topological polar surface area (TPSA) is 49.8 Å². The van der Waals surface area contributed by atoms with Crippen molar-refractivity contribution in [1.82, 2.24) is 4.90 Å². The lowest BCUT2D eigenvalue weighted by Crippen LogP contribution is -2.52. The van der Waals surface area contributed by atoms with Crippen molar-refractivity contribution in [2.24, 2.45) is 0 Å². The smallest absolute Gasteiger partial charge is 0.257 e. The molecule has 0 aliphatic carbocycles. The lowest BCUT2D eigenvalue weighted by atomic mass is 10.1. The molecular formula is C14H18FNO3. The van der Waals surface area contributed by atoms with Crippen LogP contribution in [0.25, 0.3) is 0 Å². The highest BCUT2D eigenvalue weighted by Gasteiger charge is 2.31. The number of aliphatic hydroxyl groups excluding tert-OH is 1. The van der Waals surface area contributed by atoms with Crippen LogP contribution in [0, 0.1) is 12.7 Å². The molecule has 4 nitrogen and oxygen atoms in total. The first kappa shape index (κ1) is 14.0. The van der Waals surface area contributed by atoms with Crippen LogP contribution in [0.15, 0.2) is 18.2 Å². The molecular weight excluding hydrogens is 249 g/mol. The van der Waals surface area contributed by atoms with Crippen molar-refractivity contribution in [3.8, 4) is 0 Å². The van der Waals surface area contributed by atoms with E-state index in [9.17, 15) is 9.18 Å². The number of aryl methyl sites for hydroxylation is 1. The average Bonchev–Trinajstić information content (AvgIpc) is 2.42. The van der Waals surface area contributed by atoms with E-state index in [1.807, 2.05) is 6.92 Å². The van der Waals surface area contributed by atoms with E-state index in [0.29, 0.717) is 12.2 Å². The molecule has 2 atom stereocenters. The maximum Gasteiger partial charge on any atom is 0.257 e. The van der Waals surface area contributed by atoms with E-state index < -0.39 is 11.9 Å². The maximum atomic E-state index is 14.0. The SMILES string of the molecule is Cc1cccc(C(=O)N2CC(CO)OCC2C)c1F. The molecule has 104 valence electrons. The molecule has 1 saturated heterocycles. The highest BCUT2D eigenvalue weighted by atomic mass is 19.1. The second-order valence-electron chi connectivity index (χ2n) is 4.88. The van der Waals surface area contributed by atoms with Gasteiger partial charge in [0.15, 0.2) is 0 Å². The van der Waals surface area contributed by atoms with E-state index in [1.165, 1.54) is 6.07 Å². The lowest BCUT2D eigenvalue weighted by Gasteiger charge is -2.37. The summed E-state index contributed by atoms with van der Waals surface area (Å²) in [5.41, 5.74) is 0.524. The lowest BCUT2D eigenvalue weighted by molar-refractivity contribution is -0.0668. The third-order valence-corrected chi connectivity index (χ3v) is 3.39. The Morgan fingerprint density at radius 2 is 2.32 bits per heavy atom. The number of hydrogen-bond donors (Lipinski definition) is 1. The monoisotopic (exact) mass is 267 g/mol. The van der Waals surface area contributed by atoms with E-state index in [2.05, 4.69) is 0 Å². The molecule has 19 heavy (non-hydrogen) atoms. The Hall–Kier alpha value is -1.46. The quantitative estimate of drug-likeness (QED) is 0.880. The van der Waals surface area contributed by atoms with Gasteiger partial charge in [0.2, 0.25) is 0 Å². The minimum absolute atomic E-state index is 0.0745. The second kappa shape index (κ2) is 5.67. The summed E-state index contributed by atoms with van der Waals surface area (Å²) >= 11 is 0. The zero-order chi connectivity index (χ0) is 14.0. The van der Waals surface area contributed by atoms with Crippen LogP contribution >= 0.6 is 0 Å². The molecule has 5 heteroatoms. The van der Waals surface area contributed by atoms with Crippen LogP contribution in [0.1, 0.15) is 22.8 Å². The summed E-state index contributed by atoms with van der Waals surface area (Å²) in [5, 5.41) is 9.11. The summed E-state index contributed by atoms with van der Waals surface area (Å²) in [6, 6.07) is 4.65. The molecule has 0 spiro atoms. The minimum atomic E-state index is -0.480. The number of aliphatic hydroxyl groups is 1. The number of morpholine rings is 1. The fraction of sp³-hybridized carbons (Fsp3) is 0.500. The summed E-state index contributed by atoms with van der Waals surface area (Å²) in [7, 11) is 0. The summed E-state index contributed by atoms with van der Waals surface area (Å²) < 4.78 is 19.4. The summed E-state index contributed by atoms with van der Waals surface area (Å²) in [6.07, 6.45) is -0.395. The predicted octanol–water partition coefficient (Wildman–Crippen LogP) is 1.36. The number of rotatable bonds is 2. The van der Waals surface area contributed by atoms with E-state index in [-0.39, 0.29) is 30.7 Å². The molecule has 1 fully saturated rings. The van der Waals surface area contributed by atoms with E-state index in [0.717, 1.165) is 0 Å².